The number of ether oxygens (including phenoxy) is 2. The maximum Gasteiger partial charge on any atom is 0.255 e. The number of halogens is 1. The smallest absolute Gasteiger partial charge is 0.255 e. The maximum absolute atomic E-state index is 14.6. The van der Waals surface area contributed by atoms with Crippen molar-refractivity contribution in [2.45, 2.75) is 51.2 Å². The molecule has 2 aliphatic heterocycles. The van der Waals surface area contributed by atoms with Crippen molar-refractivity contribution in [3.63, 3.8) is 0 Å². The van der Waals surface area contributed by atoms with Crippen LogP contribution in [0, 0.1) is 5.82 Å². The fraction of sp³-hybridized carbons (Fsp3) is 0.357. The van der Waals surface area contributed by atoms with Crippen molar-refractivity contribution in [1.82, 2.24) is 30.3 Å². The average molecular weight is 532 g/mol. The van der Waals surface area contributed by atoms with Crippen LogP contribution in [-0.2, 0) is 13.2 Å². The molecule has 10 nitrogen and oxygen atoms in total. The zero-order valence-corrected chi connectivity index (χ0v) is 21.7. The Morgan fingerprint density at radius 3 is 3.00 bits per heavy atom. The third-order valence-corrected chi connectivity index (χ3v) is 7.31. The van der Waals surface area contributed by atoms with E-state index in [4.69, 9.17) is 9.47 Å². The molecule has 3 N–H and O–H groups in total. The van der Waals surface area contributed by atoms with Crippen LogP contribution < -0.4 is 20.1 Å². The zero-order valence-electron chi connectivity index (χ0n) is 21.7. The van der Waals surface area contributed by atoms with E-state index in [1.807, 2.05) is 16.9 Å². The molecule has 4 bridgehead atoms. The Morgan fingerprint density at radius 2 is 2.10 bits per heavy atom. The van der Waals surface area contributed by atoms with Crippen LogP contribution >= 0.6 is 0 Å². The van der Waals surface area contributed by atoms with Crippen molar-refractivity contribution >= 4 is 17.3 Å². The SMILES string of the molecule is COc1c(F)cccc1Nc1c2[nH]c3c1C(=O)NCC3CCCCCCn1cc(nn1)COc1cnccc1-2. The molecule has 3 aromatic heterocycles. The molecule has 1 aromatic carbocycles. The van der Waals surface area contributed by atoms with Gasteiger partial charge in [0.15, 0.2) is 11.6 Å². The normalized spacial score (nSPS) is 17.4. The minimum Gasteiger partial charge on any atom is -0.492 e. The van der Waals surface area contributed by atoms with Crippen molar-refractivity contribution in [3.05, 3.63) is 65.6 Å². The maximum atomic E-state index is 14.6. The highest BCUT2D eigenvalue weighted by atomic mass is 19.1. The number of nitrogens with one attached hydrogen (secondary N) is 3. The van der Waals surface area contributed by atoms with Gasteiger partial charge in [-0.25, -0.2) is 4.39 Å². The van der Waals surface area contributed by atoms with E-state index in [0.717, 1.165) is 44.3 Å². The summed E-state index contributed by atoms with van der Waals surface area (Å²) < 4.78 is 28.0. The molecule has 1 unspecified atom stereocenters. The van der Waals surface area contributed by atoms with Crippen LogP contribution in [0.5, 0.6) is 11.5 Å². The van der Waals surface area contributed by atoms with E-state index < -0.39 is 5.82 Å². The Hall–Kier alpha value is -4.41. The molecule has 1 amide bonds. The third kappa shape index (κ3) is 4.91. The van der Waals surface area contributed by atoms with Crippen LogP contribution in [0.3, 0.4) is 0 Å². The number of para-hydroxylation sites is 1. The summed E-state index contributed by atoms with van der Waals surface area (Å²) in [5.74, 6) is -0.000740. The van der Waals surface area contributed by atoms with Crippen molar-refractivity contribution < 1.29 is 18.7 Å². The lowest BCUT2D eigenvalue weighted by Gasteiger charge is -2.24. The Bertz CT molecular complexity index is 1500. The quantitative estimate of drug-likeness (QED) is 0.343. The van der Waals surface area contributed by atoms with Crippen molar-refractivity contribution in [3.8, 4) is 22.8 Å². The molecule has 0 spiro atoms. The number of pyridine rings is 1. The van der Waals surface area contributed by atoms with Gasteiger partial charge in [-0.15, -0.1) is 5.10 Å². The second-order valence-electron chi connectivity index (χ2n) is 9.85. The van der Waals surface area contributed by atoms with Gasteiger partial charge < -0.3 is 25.1 Å². The molecule has 11 heteroatoms. The molecular weight excluding hydrogens is 501 g/mol. The van der Waals surface area contributed by atoms with E-state index in [0.29, 0.717) is 46.2 Å². The second-order valence-corrected chi connectivity index (χ2v) is 9.85. The third-order valence-electron chi connectivity index (χ3n) is 7.31. The number of nitrogens with zero attached hydrogens (tertiary/aromatic N) is 4. The van der Waals surface area contributed by atoms with Gasteiger partial charge in [0.05, 0.1) is 42.1 Å². The first-order valence-corrected chi connectivity index (χ1v) is 13.2. The molecule has 0 fully saturated rings. The van der Waals surface area contributed by atoms with Gasteiger partial charge in [-0.05, 0) is 31.0 Å². The fourth-order valence-corrected chi connectivity index (χ4v) is 5.38. The molecule has 4 aromatic rings. The number of amides is 1. The highest BCUT2D eigenvalue weighted by Crippen LogP contribution is 2.44. The van der Waals surface area contributed by atoms with Crippen LogP contribution in [0.2, 0.25) is 0 Å². The van der Waals surface area contributed by atoms with Gasteiger partial charge >= 0.3 is 0 Å². The summed E-state index contributed by atoms with van der Waals surface area (Å²) in [5, 5.41) is 14.9. The Kier molecular flexibility index (Phi) is 6.87. The molecule has 6 rings (SSSR count). The standard InChI is InChI=1S/C28H30FN7O3/c1-38-27-20(29)8-6-9-21(27)32-26-23-24-17(13-31-28(23)37)7-4-2-3-5-12-36-15-18(34-35-36)16-39-22-14-30-11-10-19(22)25(26)33-24/h6,8-11,14-15,17,32-33H,2-5,7,12-13,16H2,1H3,(H,31,37). The summed E-state index contributed by atoms with van der Waals surface area (Å²) in [6.07, 6.45) is 10.3. The topological polar surface area (TPSA) is 119 Å². The minimum absolute atomic E-state index is 0.0647. The number of carbonyl (C=O) groups excluding carboxylic acids is 1. The summed E-state index contributed by atoms with van der Waals surface area (Å²) in [6, 6.07) is 6.48. The van der Waals surface area contributed by atoms with Crippen molar-refractivity contribution in [2.75, 3.05) is 19.0 Å². The first-order valence-electron chi connectivity index (χ1n) is 13.2. The van der Waals surface area contributed by atoms with Gasteiger partial charge in [-0.2, -0.15) is 0 Å². The summed E-state index contributed by atoms with van der Waals surface area (Å²) in [7, 11) is 1.42. The van der Waals surface area contributed by atoms with Crippen molar-refractivity contribution in [1.29, 1.82) is 0 Å². The Balaban J connectivity index is 1.49. The van der Waals surface area contributed by atoms with E-state index in [1.54, 1.807) is 24.5 Å². The lowest BCUT2D eigenvalue weighted by molar-refractivity contribution is 0.0939. The van der Waals surface area contributed by atoms with E-state index in [-0.39, 0.29) is 24.2 Å². The molecule has 5 heterocycles. The van der Waals surface area contributed by atoms with Gasteiger partial charge in [0, 0.05) is 36.5 Å². The lowest BCUT2D eigenvalue weighted by Crippen LogP contribution is -2.35. The number of carbonyl (C=O) groups is 1. The number of aromatic nitrogens is 5. The molecule has 202 valence electrons. The summed E-state index contributed by atoms with van der Waals surface area (Å²) >= 11 is 0. The number of aryl methyl sites for hydroxylation is 1. The number of methoxy groups -OCH3 is 1. The van der Waals surface area contributed by atoms with Crippen LogP contribution in [0.25, 0.3) is 11.3 Å². The molecule has 0 aliphatic carbocycles. The second kappa shape index (κ2) is 10.8. The van der Waals surface area contributed by atoms with Gasteiger partial charge in [0.25, 0.3) is 5.91 Å². The first-order chi connectivity index (χ1) is 19.1. The number of rotatable bonds is 3. The van der Waals surface area contributed by atoms with Crippen LogP contribution in [-0.4, -0.2) is 44.5 Å². The van der Waals surface area contributed by atoms with E-state index in [1.165, 1.54) is 13.2 Å². The van der Waals surface area contributed by atoms with E-state index >= 15 is 0 Å². The number of aromatic amines is 1. The molecule has 0 radical (unpaired) electrons. The number of benzene rings is 1. The number of H-pyrrole nitrogens is 1. The number of anilines is 2. The Morgan fingerprint density at radius 1 is 1.21 bits per heavy atom. The summed E-state index contributed by atoms with van der Waals surface area (Å²) in [4.78, 5) is 21.1. The van der Waals surface area contributed by atoms with Crippen molar-refractivity contribution in [2.24, 2.45) is 0 Å². The van der Waals surface area contributed by atoms with E-state index in [9.17, 15) is 9.18 Å². The highest BCUT2D eigenvalue weighted by Gasteiger charge is 2.33. The average Bonchev–Trinajstić information content (AvgIpc) is 3.56. The number of fused-ring (bicyclic) bond motifs is 5. The fourth-order valence-electron chi connectivity index (χ4n) is 5.38. The predicted molar refractivity (Wildman–Crippen MR) is 143 cm³/mol. The minimum atomic E-state index is -0.502. The lowest BCUT2D eigenvalue weighted by atomic mass is 9.91. The van der Waals surface area contributed by atoms with Crippen LogP contribution in [0.1, 0.15) is 59.8 Å². The van der Waals surface area contributed by atoms with Gasteiger partial charge in [0.1, 0.15) is 18.1 Å². The molecule has 1 atom stereocenters. The first kappa shape index (κ1) is 24.9. The van der Waals surface area contributed by atoms with Crippen LogP contribution in [0.15, 0.2) is 42.9 Å². The monoisotopic (exact) mass is 531 g/mol. The summed E-state index contributed by atoms with van der Waals surface area (Å²) in [6.45, 7) is 1.57. The largest absolute Gasteiger partial charge is 0.492 e. The van der Waals surface area contributed by atoms with Crippen LogP contribution in [0.4, 0.5) is 15.8 Å². The molecule has 0 saturated heterocycles. The molecular formula is C28H30FN7O3. The predicted octanol–water partition coefficient (Wildman–Crippen LogP) is 4.93. The van der Waals surface area contributed by atoms with Gasteiger partial charge in [0.2, 0.25) is 0 Å². The highest BCUT2D eigenvalue weighted by molar-refractivity contribution is 6.07. The van der Waals surface area contributed by atoms with Gasteiger partial charge in [-0.3, -0.25) is 14.5 Å². The Labute approximate surface area is 224 Å². The molecule has 0 saturated carbocycles. The van der Waals surface area contributed by atoms with Gasteiger partial charge in [-0.1, -0.05) is 30.5 Å². The zero-order chi connectivity index (χ0) is 26.8. The summed E-state index contributed by atoms with van der Waals surface area (Å²) in [5.41, 5.74) is 4.38. The number of hydrogen-bond donors (Lipinski definition) is 3. The number of hydrogen-bond acceptors (Lipinski definition) is 7. The van der Waals surface area contributed by atoms with E-state index in [2.05, 4.69) is 30.9 Å². The molecule has 39 heavy (non-hydrogen) atoms. The molecule has 2 aliphatic rings.